The van der Waals surface area contributed by atoms with E-state index in [2.05, 4.69) is 77.9 Å². The van der Waals surface area contributed by atoms with E-state index in [0.29, 0.717) is 17.8 Å². The minimum Gasteiger partial charge on any atom is -0.497 e. The van der Waals surface area contributed by atoms with Crippen molar-refractivity contribution in [3.05, 3.63) is 60.6 Å². The van der Waals surface area contributed by atoms with Crippen LogP contribution in [0, 0.1) is 5.92 Å². The van der Waals surface area contributed by atoms with Gasteiger partial charge in [0.15, 0.2) is 0 Å². The van der Waals surface area contributed by atoms with Crippen LogP contribution in [0.1, 0.15) is 45.6 Å². The normalized spacial score (nSPS) is 11.9. The first kappa shape index (κ1) is 25.6. The number of fused-ring (bicyclic) bond motifs is 1. The van der Waals surface area contributed by atoms with Crippen molar-refractivity contribution in [2.24, 2.45) is 11.8 Å². The summed E-state index contributed by atoms with van der Waals surface area (Å²) in [6, 6.07) is 13.9. The number of ether oxygens (including phenoxy) is 1. The Morgan fingerprint density at radius 2 is 1.69 bits per heavy atom. The van der Waals surface area contributed by atoms with Crippen molar-refractivity contribution < 1.29 is 9.57 Å². The fourth-order valence-corrected chi connectivity index (χ4v) is 4.01. The van der Waals surface area contributed by atoms with Crippen LogP contribution in [-0.2, 0) is 6.42 Å². The first-order valence-electron chi connectivity index (χ1n) is 11.4. The van der Waals surface area contributed by atoms with Crippen LogP contribution in [0.4, 0.5) is 0 Å². The molecule has 1 atom stereocenters. The van der Waals surface area contributed by atoms with Crippen LogP contribution in [0.3, 0.4) is 0 Å². The van der Waals surface area contributed by atoms with Gasteiger partial charge in [0, 0.05) is 25.0 Å². The van der Waals surface area contributed by atoms with Crippen molar-refractivity contribution in [2.45, 2.75) is 52.5 Å². The molecule has 1 aromatic heterocycles. The number of hydrogen-bond donors (Lipinski definition) is 1. The minimum absolute atomic E-state index is 0.326. The average Bonchev–Trinajstić information content (AvgIpc) is 2.84. The molecule has 6 heteroatoms. The van der Waals surface area contributed by atoms with E-state index >= 15 is 0 Å². The Kier molecular flexibility index (Phi) is 10.9. The van der Waals surface area contributed by atoms with Gasteiger partial charge in [-0.3, -0.25) is 4.98 Å². The van der Waals surface area contributed by atoms with Gasteiger partial charge in [0.05, 0.1) is 13.3 Å². The molecule has 0 aliphatic heterocycles. The number of aromatic nitrogens is 2. The van der Waals surface area contributed by atoms with Gasteiger partial charge in [-0.05, 0) is 60.7 Å². The summed E-state index contributed by atoms with van der Waals surface area (Å²) in [6.07, 6.45) is 9.33. The Balaban J connectivity index is 0.000000380. The molecule has 6 nitrogen and oxygen atoms in total. The van der Waals surface area contributed by atoms with Crippen LogP contribution in [-0.4, -0.2) is 41.6 Å². The molecule has 1 heterocycles. The molecule has 32 heavy (non-hydrogen) atoms. The lowest BCUT2D eigenvalue weighted by Gasteiger charge is -2.30. The summed E-state index contributed by atoms with van der Waals surface area (Å²) in [6.45, 7) is 8.09. The molecular formula is C26H38N4O2. The molecule has 0 spiro atoms. The molecular weight excluding hydrogens is 400 g/mol. The van der Waals surface area contributed by atoms with E-state index in [1.165, 1.54) is 54.5 Å². The SMILES string of the molecule is CCC(Cc1ccc2cc(OC)ccc2c1)CN(C)C(CC)CC.NOc1cnccn1. The second-order valence-electron chi connectivity index (χ2n) is 8.10. The molecule has 3 rings (SSSR count). The third kappa shape index (κ3) is 7.77. The Hall–Kier alpha value is -2.70. The van der Waals surface area contributed by atoms with Crippen molar-refractivity contribution in [1.29, 1.82) is 0 Å². The molecule has 0 bridgehead atoms. The van der Waals surface area contributed by atoms with Crippen LogP contribution in [0.5, 0.6) is 11.6 Å². The summed E-state index contributed by atoms with van der Waals surface area (Å²) in [5.41, 5.74) is 1.44. The van der Waals surface area contributed by atoms with E-state index in [9.17, 15) is 0 Å². The fourth-order valence-electron chi connectivity index (χ4n) is 4.01. The molecule has 1 unspecified atom stereocenters. The molecule has 0 amide bonds. The molecule has 0 saturated heterocycles. The lowest BCUT2D eigenvalue weighted by Crippen LogP contribution is -2.35. The zero-order chi connectivity index (χ0) is 23.3. The molecule has 2 aromatic carbocycles. The smallest absolute Gasteiger partial charge is 0.255 e. The number of benzene rings is 2. The molecule has 0 fully saturated rings. The summed E-state index contributed by atoms with van der Waals surface area (Å²) in [4.78, 5) is 14.2. The van der Waals surface area contributed by atoms with E-state index in [0.717, 1.165) is 12.2 Å². The third-order valence-electron chi connectivity index (χ3n) is 5.99. The Morgan fingerprint density at radius 1 is 0.969 bits per heavy atom. The van der Waals surface area contributed by atoms with Gasteiger partial charge in [-0.15, -0.1) is 0 Å². The quantitative estimate of drug-likeness (QED) is 0.435. The Bertz CT molecular complexity index is 916. The van der Waals surface area contributed by atoms with Gasteiger partial charge < -0.3 is 14.5 Å². The van der Waals surface area contributed by atoms with Crippen LogP contribution < -0.4 is 15.5 Å². The highest BCUT2D eigenvalue weighted by Crippen LogP contribution is 2.24. The number of hydrogen-bond acceptors (Lipinski definition) is 6. The van der Waals surface area contributed by atoms with Crippen molar-refractivity contribution in [1.82, 2.24) is 14.9 Å². The largest absolute Gasteiger partial charge is 0.497 e. The van der Waals surface area contributed by atoms with Gasteiger partial charge in [-0.25, -0.2) is 4.98 Å². The number of nitrogens with zero attached hydrogens (tertiary/aromatic N) is 3. The van der Waals surface area contributed by atoms with Gasteiger partial charge in [0.2, 0.25) is 0 Å². The fraction of sp³-hybridized carbons (Fsp3) is 0.462. The maximum absolute atomic E-state index is 5.32. The monoisotopic (exact) mass is 438 g/mol. The van der Waals surface area contributed by atoms with Crippen molar-refractivity contribution in [3.8, 4) is 11.6 Å². The van der Waals surface area contributed by atoms with Gasteiger partial charge >= 0.3 is 0 Å². The lowest BCUT2D eigenvalue weighted by molar-refractivity contribution is 0.192. The zero-order valence-corrected chi connectivity index (χ0v) is 20.1. The van der Waals surface area contributed by atoms with Crippen molar-refractivity contribution >= 4 is 10.8 Å². The second-order valence-corrected chi connectivity index (χ2v) is 8.10. The summed E-state index contributed by atoms with van der Waals surface area (Å²) < 4.78 is 5.32. The van der Waals surface area contributed by atoms with Crippen LogP contribution in [0.2, 0.25) is 0 Å². The minimum atomic E-state index is 0.326. The summed E-state index contributed by atoms with van der Waals surface area (Å²) in [5.74, 6) is 6.71. The highest BCUT2D eigenvalue weighted by atomic mass is 16.6. The van der Waals surface area contributed by atoms with E-state index in [1.807, 2.05) is 6.07 Å². The van der Waals surface area contributed by atoms with E-state index in [4.69, 9.17) is 10.6 Å². The number of nitrogens with two attached hydrogens (primary N) is 1. The predicted molar refractivity (Wildman–Crippen MR) is 132 cm³/mol. The van der Waals surface area contributed by atoms with Gasteiger partial charge in [-0.2, -0.15) is 5.90 Å². The predicted octanol–water partition coefficient (Wildman–Crippen LogP) is 5.27. The molecule has 2 N–H and O–H groups in total. The first-order valence-corrected chi connectivity index (χ1v) is 11.4. The lowest BCUT2D eigenvalue weighted by atomic mass is 9.94. The van der Waals surface area contributed by atoms with Crippen LogP contribution in [0.25, 0.3) is 10.8 Å². The summed E-state index contributed by atoms with van der Waals surface area (Å²) >= 11 is 0. The van der Waals surface area contributed by atoms with Gasteiger partial charge in [-0.1, -0.05) is 51.5 Å². The maximum atomic E-state index is 5.32. The van der Waals surface area contributed by atoms with E-state index in [1.54, 1.807) is 13.3 Å². The van der Waals surface area contributed by atoms with Gasteiger partial charge in [0.25, 0.3) is 5.88 Å². The molecule has 0 radical (unpaired) electrons. The average molecular weight is 439 g/mol. The third-order valence-corrected chi connectivity index (χ3v) is 5.99. The number of methoxy groups -OCH3 is 1. The highest BCUT2D eigenvalue weighted by molar-refractivity contribution is 5.84. The second kappa shape index (κ2) is 13.7. The molecule has 3 aromatic rings. The van der Waals surface area contributed by atoms with Crippen LogP contribution >= 0.6 is 0 Å². The summed E-state index contributed by atoms with van der Waals surface area (Å²) in [5, 5.41) is 2.55. The zero-order valence-electron chi connectivity index (χ0n) is 20.1. The molecule has 0 aliphatic rings. The number of rotatable bonds is 10. The van der Waals surface area contributed by atoms with Crippen molar-refractivity contribution in [2.75, 3.05) is 20.7 Å². The van der Waals surface area contributed by atoms with E-state index in [-0.39, 0.29) is 0 Å². The maximum Gasteiger partial charge on any atom is 0.255 e. The Labute approximate surface area is 192 Å². The van der Waals surface area contributed by atoms with E-state index < -0.39 is 0 Å². The molecule has 0 saturated carbocycles. The highest BCUT2D eigenvalue weighted by Gasteiger charge is 2.16. The van der Waals surface area contributed by atoms with Crippen molar-refractivity contribution in [3.63, 3.8) is 0 Å². The standard InChI is InChI=1S/C22H33NO.C4H5N3O/c1-6-17(16-23(4)21(7-2)8-3)13-18-9-10-20-15-22(24-5)12-11-19(20)14-18;5-8-4-3-6-1-2-7-4/h9-12,14-15,17,21H,6-8,13,16H2,1-5H3;1-3H,5H2. The van der Waals surface area contributed by atoms with Gasteiger partial charge in [0.1, 0.15) is 5.75 Å². The molecule has 174 valence electrons. The van der Waals surface area contributed by atoms with Crippen LogP contribution in [0.15, 0.2) is 55.0 Å². The Morgan fingerprint density at radius 3 is 2.25 bits per heavy atom. The first-order chi connectivity index (χ1) is 15.5. The summed E-state index contributed by atoms with van der Waals surface area (Å²) in [7, 11) is 4.00. The molecule has 0 aliphatic carbocycles. The topological polar surface area (TPSA) is 73.5 Å².